The van der Waals surface area contributed by atoms with Gasteiger partial charge in [0.15, 0.2) is 0 Å². The zero-order chi connectivity index (χ0) is 20.3. The summed E-state index contributed by atoms with van der Waals surface area (Å²) in [5.41, 5.74) is 5.30. The second kappa shape index (κ2) is 8.44. The Bertz CT molecular complexity index is 995. The molecule has 1 saturated heterocycles. The van der Waals surface area contributed by atoms with E-state index in [0.29, 0.717) is 0 Å². The van der Waals surface area contributed by atoms with Gasteiger partial charge in [0, 0.05) is 57.6 Å². The van der Waals surface area contributed by atoms with Crippen molar-refractivity contribution in [2.24, 2.45) is 0 Å². The number of piperazine rings is 1. The van der Waals surface area contributed by atoms with Gasteiger partial charge in [-0.1, -0.05) is 54.6 Å². The summed E-state index contributed by atoms with van der Waals surface area (Å²) < 4.78 is 0. The van der Waals surface area contributed by atoms with Crippen molar-refractivity contribution in [2.75, 3.05) is 42.5 Å². The van der Waals surface area contributed by atoms with Crippen LogP contribution in [0.2, 0.25) is 0 Å². The molecule has 30 heavy (non-hydrogen) atoms. The van der Waals surface area contributed by atoms with Gasteiger partial charge in [-0.25, -0.2) is 4.98 Å². The molecular formula is C25H29N5. The topological polar surface area (TPSA) is 35.5 Å². The van der Waals surface area contributed by atoms with Crippen LogP contribution in [0.4, 0.5) is 11.8 Å². The average molecular weight is 400 g/mol. The van der Waals surface area contributed by atoms with E-state index in [4.69, 9.17) is 9.97 Å². The Morgan fingerprint density at radius 2 is 1.50 bits per heavy atom. The molecule has 0 spiro atoms. The van der Waals surface area contributed by atoms with Crippen LogP contribution in [0.3, 0.4) is 0 Å². The lowest BCUT2D eigenvalue weighted by molar-refractivity contribution is 0.248. The monoisotopic (exact) mass is 399 g/mol. The molecule has 0 atom stereocenters. The van der Waals surface area contributed by atoms with Crippen LogP contribution >= 0.6 is 0 Å². The minimum Gasteiger partial charge on any atom is -0.352 e. The van der Waals surface area contributed by atoms with Crippen molar-refractivity contribution in [3.8, 4) is 0 Å². The average Bonchev–Trinajstić information content (AvgIpc) is 2.79. The molecule has 1 aromatic heterocycles. The molecule has 154 valence electrons. The van der Waals surface area contributed by atoms with Gasteiger partial charge in [-0.05, 0) is 30.0 Å². The van der Waals surface area contributed by atoms with E-state index in [1.165, 1.54) is 16.7 Å². The fourth-order valence-electron chi connectivity index (χ4n) is 4.48. The highest BCUT2D eigenvalue weighted by Gasteiger charge is 2.22. The minimum absolute atomic E-state index is 0.878. The zero-order valence-electron chi connectivity index (χ0n) is 17.7. The van der Waals surface area contributed by atoms with Crippen LogP contribution in [0.25, 0.3) is 0 Å². The standard InChI is InChI=1S/C25H29N5/c1-20-17-24(30-12-11-22-9-5-6-10-23(22)19-30)27-25(26-20)29-15-13-28(14-16-29)18-21-7-3-2-4-8-21/h2-10,17H,11-16,18-19H2,1H3. The zero-order valence-corrected chi connectivity index (χ0v) is 17.7. The Hall–Kier alpha value is -2.92. The summed E-state index contributed by atoms with van der Waals surface area (Å²) in [5, 5.41) is 0. The second-order valence-electron chi connectivity index (χ2n) is 8.36. The van der Waals surface area contributed by atoms with E-state index >= 15 is 0 Å². The third-order valence-electron chi connectivity index (χ3n) is 6.19. The Morgan fingerprint density at radius 3 is 2.30 bits per heavy atom. The van der Waals surface area contributed by atoms with Crippen molar-refractivity contribution in [3.63, 3.8) is 0 Å². The summed E-state index contributed by atoms with van der Waals surface area (Å²) in [6.45, 7) is 9.06. The number of aryl methyl sites for hydroxylation is 1. The van der Waals surface area contributed by atoms with Crippen molar-refractivity contribution in [1.82, 2.24) is 14.9 Å². The molecular weight excluding hydrogens is 370 g/mol. The fraction of sp³-hybridized carbons (Fsp3) is 0.360. The summed E-state index contributed by atoms with van der Waals surface area (Å²) in [5.74, 6) is 1.93. The van der Waals surface area contributed by atoms with Gasteiger partial charge < -0.3 is 9.80 Å². The van der Waals surface area contributed by atoms with E-state index in [1.54, 1.807) is 0 Å². The molecule has 5 heteroatoms. The van der Waals surface area contributed by atoms with Crippen molar-refractivity contribution in [1.29, 1.82) is 0 Å². The first-order valence-electron chi connectivity index (χ1n) is 10.9. The number of hydrogen-bond donors (Lipinski definition) is 0. The van der Waals surface area contributed by atoms with E-state index in [2.05, 4.69) is 82.3 Å². The van der Waals surface area contributed by atoms with E-state index in [9.17, 15) is 0 Å². The number of fused-ring (bicyclic) bond motifs is 1. The first-order valence-corrected chi connectivity index (χ1v) is 10.9. The van der Waals surface area contributed by atoms with Crippen LogP contribution in [0.15, 0.2) is 60.7 Å². The molecule has 5 rings (SSSR count). The molecule has 0 N–H and O–H groups in total. The van der Waals surface area contributed by atoms with Crippen LogP contribution in [-0.2, 0) is 19.5 Å². The number of aromatic nitrogens is 2. The summed E-state index contributed by atoms with van der Waals surface area (Å²) in [6, 6.07) is 21.6. The van der Waals surface area contributed by atoms with E-state index in [-0.39, 0.29) is 0 Å². The van der Waals surface area contributed by atoms with Crippen molar-refractivity contribution < 1.29 is 0 Å². The van der Waals surface area contributed by atoms with Crippen LogP contribution in [-0.4, -0.2) is 47.6 Å². The lowest BCUT2D eigenvalue weighted by Gasteiger charge is -2.35. The number of anilines is 2. The molecule has 0 radical (unpaired) electrons. The predicted molar refractivity (Wildman–Crippen MR) is 122 cm³/mol. The highest BCUT2D eigenvalue weighted by molar-refractivity contribution is 5.49. The van der Waals surface area contributed by atoms with E-state index in [0.717, 1.165) is 69.7 Å². The predicted octanol–water partition coefficient (Wildman–Crippen LogP) is 3.67. The summed E-state index contributed by atoms with van der Waals surface area (Å²) in [6.07, 6.45) is 1.08. The maximum atomic E-state index is 4.99. The van der Waals surface area contributed by atoms with Gasteiger partial charge in [0.2, 0.25) is 5.95 Å². The third-order valence-corrected chi connectivity index (χ3v) is 6.19. The maximum absolute atomic E-state index is 4.99. The highest BCUT2D eigenvalue weighted by Crippen LogP contribution is 2.25. The first kappa shape index (κ1) is 19.1. The Balaban J connectivity index is 1.27. The van der Waals surface area contributed by atoms with Gasteiger partial charge in [0.05, 0.1) is 0 Å². The van der Waals surface area contributed by atoms with Gasteiger partial charge in [-0.3, -0.25) is 4.90 Å². The van der Waals surface area contributed by atoms with Crippen molar-refractivity contribution in [3.05, 3.63) is 83.0 Å². The second-order valence-corrected chi connectivity index (χ2v) is 8.36. The van der Waals surface area contributed by atoms with Crippen LogP contribution in [0.5, 0.6) is 0 Å². The fourth-order valence-corrected chi connectivity index (χ4v) is 4.48. The number of rotatable bonds is 4. The Morgan fingerprint density at radius 1 is 0.767 bits per heavy atom. The minimum atomic E-state index is 0.878. The third kappa shape index (κ3) is 4.17. The number of hydrogen-bond acceptors (Lipinski definition) is 5. The molecule has 0 bridgehead atoms. The first-order chi connectivity index (χ1) is 14.7. The molecule has 3 aromatic rings. The normalized spacial score (nSPS) is 17.1. The lowest BCUT2D eigenvalue weighted by atomic mass is 10.00. The van der Waals surface area contributed by atoms with Crippen molar-refractivity contribution >= 4 is 11.8 Å². The van der Waals surface area contributed by atoms with Crippen molar-refractivity contribution in [2.45, 2.75) is 26.4 Å². The molecule has 1 fully saturated rings. The number of benzene rings is 2. The summed E-state index contributed by atoms with van der Waals surface area (Å²) in [7, 11) is 0. The van der Waals surface area contributed by atoms with Gasteiger partial charge in [0.1, 0.15) is 5.82 Å². The molecule has 2 aliphatic rings. The largest absolute Gasteiger partial charge is 0.352 e. The molecule has 2 aromatic carbocycles. The van der Waals surface area contributed by atoms with Crippen LogP contribution < -0.4 is 9.80 Å². The highest BCUT2D eigenvalue weighted by atomic mass is 15.3. The van der Waals surface area contributed by atoms with Gasteiger partial charge in [-0.15, -0.1) is 0 Å². The summed E-state index contributed by atoms with van der Waals surface area (Å²) in [4.78, 5) is 17.0. The van der Waals surface area contributed by atoms with E-state index < -0.39 is 0 Å². The maximum Gasteiger partial charge on any atom is 0.227 e. The molecule has 0 aliphatic carbocycles. The van der Waals surface area contributed by atoms with Gasteiger partial charge in [-0.2, -0.15) is 4.98 Å². The molecule has 0 unspecified atom stereocenters. The quantitative estimate of drug-likeness (QED) is 0.669. The number of nitrogens with zero attached hydrogens (tertiary/aromatic N) is 5. The van der Waals surface area contributed by atoms with Gasteiger partial charge in [0.25, 0.3) is 0 Å². The van der Waals surface area contributed by atoms with Crippen LogP contribution in [0.1, 0.15) is 22.4 Å². The lowest BCUT2D eigenvalue weighted by Crippen LogP contribution is -2.46. The van der Waals surface area contributed by atoms with E-state index in [1.807, 2.05) is 0 Å². The molecule has 2 aliphatic heterocycles. The molecule has 0 saturated carbocycles. The van der Waals surface area contributed by atoms with Gasteiger partial charge >= 0.3 is 0 Å². The van der Waals surface area contributed by atoms with Crippen LogP contribution in [0, 0.1) is 6.92 Å². The smallest absolute Gasteiger partial charge is 0.227 e. The Labute approximate surface area is 179 Å². The Kier molecular flexibility index (Phi) is 5.37. The SMILES string of the molecule is Cc1cc(N2CCc3ccccc3C2)nc(N2CCN(Cc3ccccc3)CC2)n1. The molecule has 0 amide bonds. The summed E-state index contributed by atoms with van der Waals surface area (Å²) >= 11 is 0. The molecule has 3 heterocycles. The molecule has 5 nitrogen and oxygen atoms in total.